The number of nitrogens with two attached hydrogens (primary N) is 2. The van der Waals surface area contributed by atoms with Crippen LogP contribution in [-0.4, -0.2) is 33.6 Å². The lowest BCUT2D eigenvalue weighted by molar-refractivity contribution is 0.145. The summed E-state index contributed by atoms with van der Waals surface area (Å²) in [6.45, 7) is 5.22. The van der Waals surface area contributed by atoms with Crippen molar-refractivity contribution in [2.45, 2.75) is 32.4 Å². The zero-order valence-corrected chi connectivity index (χ0v) is 14.1. The average Bonchev–Trinajstić information content (AvgIpc) is 2.57. The van der Waals surface area contributed by atoms with Crippen LogP contribution in [0.25, 0.3) is 5.69 Å². The molecule has 2 atom stereocenters. The fourth-order valence-corrected chi connectivity index (χ4v) is 3.33. The van der Waals surface area contributed by atoms with Crippen LogP contribution in [0.15, 0.2) is 41.3 Å². The molecule has 0 spiro atoms. The van der Waals surface area contributed by atoms with E-state index in [0.717, 1.165) is 38.2 Å². The molecule has 1 aliphatic rings. The monoisotopic (exact) mass is 327 g/mol. The van der Waals surface area contributed by atoms with Crippen molar-refractivity contribution in [1.29, 1.82) is 0 Å². The van der Waals surface area contributed by atoms with Crippen molar-refractivity contribution >= 4 is 5.82 Å². The number of benzene rings is 1. The van der Waals surface area contributed by atoms with Crippen molar-refractivity contribution in [3.63, 3.8) is 0 Å². The van der Waals surface area contributed by atoms with Gasteiger partial charge in [0.15, 0.2) is 0 Å². The van der Waals surface area contributed by atoms with Crippen LogP contribution in [-0.2, 0) is 6.54 Å². The van der Waals surface area contributed by atoms with Gasteiger partial charge in [-0.2, -0.15) is 4.98 Å². The van der Waals surface area contributed by atoms with Gasteiger partial charge in [-0.05, 0) is 42.6 Å². The summed E-state index contributed by atoms with van der Waals surface area (Å²) in [4.78, 5) is 18.1. The van der Waals surface area contributed by atoms with E-state index in [1.165, 1.54) is 10.1 Å². The number of likely N-dealkylation sites (tertiary alicyclic amines) is 1. The molecular formula is C18H25N5O. The Kier molecular flexibility index (Phi) is 4.97. The molecule has 4 N–H and O–H groups in total. The second kappa shape index (κ2) is 7.15. The minimum Gasteiger partial charge on any atom is -0.383 e. The van der Waals surface area contributed by atoms with Gasteiger partial charge in [0.2, 0.25) is 0 Å². The number of nitrogens with zero attached hydrogens (tertiary/aromatic N) is 3. The maximum Gasteiger partial charge on any atom is 0.354 e. The van der Waals surface area contributed by atoms with Crippen molar-refractivity contribution < 1.29 is 0 Å². The molecule has 2 aromatic rings. The first-order valence-corrected chi connectivity index (χ1v) is 8.49. The number of rotatable bonds is 4. The molecule has 0 amide bonds. The minimum absolute atomic E-state index is 0.238. The highest BCUT2D eigenvalue weighted by Crippen LogP contribution is 2.20. The van der Waals surface area contributed by atoms with Gasteiger partial charge in [0.25, 0.3) is 0 Å². The van der Waals surface area contributed by atoms with Gasteiger partial charge in [0.1, 0.15) is 5.82 Å². The molecule has 128 valence electrons. The van der Waals surface area contributed by atoms with E-state index in [4.69, 9.17) is 11.5 Å². The average molecular weight is 327 g/mol. The third-order valence-corrected chi connectivity index (χ3v) is 4.85. The van der Waals surface area contributed by atoms with Gasteiger partial charge in [0.05, 0.1) is 5.69 Å². The summed E-state index contributed by atoms with van der Waals surface area (Å²) in [5, 5.41) is 0. The largest absolute Gasteiger partial charge is 0.383 e. The lowest BCUT2D eigenvalue weighted by Gasteiger charge is -2.36. The van der Waals surface area contributed by atoms with Gasteiger partial charge in [0, 0.05) is 25.3 Å². The first-order valence-electron chi connectivity index (χ1n) is 8.49. The van der Waals surface area contributed by atoms with Crippen molar-refractivity contribution in [1.82, 2.24) is 14.5 Å². The zero-order chi connectivity index (χ0) is 17.1. The van der Waals surface area contributed by atoms with Gasteiger partial charge in [-0.1, -0.05) is 25.5 Å². The smallest absolute Gasteiger partial charge is 0.354 e. The highest BCUT2D eigenvalue weighted by molar-refractivity contribution is 5.36. The summed E-state index contributed by atoms with van der Waals surface area (Å²) in [5.41, 5.74) is 13.4. The molecule has 1 fully saturated rings. The number of piperidine rings is 1. The van der Waals surface area contributed by atoms with Crippen molar-refractivity contribution in [3.05, 3.63) is 52.6 Å². The van der Waals surface area contributed by atoms with E-state index in [1.807, 2.05) is 12.1 Å². The van der Waals surface area contributed by atoms with E-state index in [2.05, 4.69) is 28.9 Å². The topological polar surface area (TPSA) is 90.2 Å². The minimum atomic E-state index is -0.362. The van der Waals surface area contributed by atoms with Gasteiger partial charge in [-0.25, -0.2) is 4.79 Å². The predicted molar refractivity (Wildman–Crippen MR) is 95.9 cm³/mol. The first-order chi connectivity index (χ1) is 11.6. The van der Waals surface area contributed by atoms with Crippen LogP contribution in [0.5, 0.6) is 0 Å². The highest BCUT2D eigenvalue weighted by atomic mass is 16.1. The second-order valence-electron chi connectivity index (χ2n) is 6.53. The normalized spacial score (nSPS) is 21.8. The zero-order valence-electron chi connectivity index (χ0n) is 14.1. The molecule has 2 heterocycles. The Morgan fingerprint density at radius 3 is 2.67 bits per heavy atom. The molecule has 1 saturated heterocycles. The summed E-state index contributed by atoms with van der Waals surface area (Å²) >= 11 is 0. The fraction of sp³-hybridized carbons (Fsp3) is 0.444. The predicted octanol–water partition coefficient (Wildman–Crippen LogP) is 1.37. The molecule has 3 rings (SSSR count). The van der Waals surface area contributed by atoms with Crippen LogP contribution in [0.2, 0.25) is 0 Å². The summed E-state index contributed by atoms with van der Waals surface area (Å²) in [6, 6.07) is 9.97. The molecule has 0 aliphatic carbocycles. The summed E-state index contributed by atoms with van der Waals surface area (Å²) in [7, 11) is 0. The number of nitrogen functional groups attached to an aromatic ring is 1. The Hall–Kier alpha value is -2.18. The molecule has 1 aliphatic heterocycles. The fourth-order valence-electron chi connectivity index (χ4n) is 3.33. The summed E-state index contributed by atoms with van der Waals surface area (Å²) in [6.07, 6.45) is 3.84. The summed E-state index contributed by atoms with van der Waals surface area (Å²) in [5.74, 6) is 0.819. The molecule has 6 nitrogen and oxygen atoms in total. The van der Waals surface area contributed by atoms with E-state index in [0.29, 0.717) is 12.0 Å². The molecule has 24 heavy (non-hydrogen) atoms. The maximum atomic E-state index is 11.9. The number of hydrogen-bond acceptors (Lipinski definition) is 5. The van der Waals surface area contributed by atoms with E-state index >= 15 is 0 Å². The molecule has 1 aromatic heterocycles. The Balaban J connectivity index is 1.70. The van der Waals surface area contributed by atoms with Crippen LogP contribution >= 0.6 is 0 Å². The van der Waals surface area contributed by atoms with Gasteiger partial charge < -0.3 is 11.5 Å². The third kappa shape index (κ3) is 3.66. The number of aromatic nitrogens is 2. The lowest BCUT2D eigenvalue weighted by Crippen LogP contribution is -2.46. The van der Waals surface area contributed by atoms with Gasteiger partial charge in [-0.15, -0.1) is 0 Å². The molecule has 0 radical (unpaired) electrons. The Morgan fingerprint density at radius 1 is 1.25 bits per heavy atom. The standard InChI is InChI=1S/C18H25N5O/c1-2-14-12-22(9-7-16(14)19)11-13-3-5-15(6-4-13)23-10-8-17(20)21-18(23)24/h3-6,8,10,14,16H,2,7,9,11-12,19H2,1H3,(H2,20,21,24)/t14-,16-/m0/s1. The highest BCUT2D eigenvalue weighted by Gasteiger charge is 2.25. The Labute approximate surface area is 142 Å². The van der Waals surface area contributed by atoms with Crippen LogP contribution in [0.4, 0.5) is 5.82 Å². The summed E-state index contributed by atoms with van der Waals surface area (Å²) < 4.78 is 1.49. The van der Waals surface area contributed by atoms with Gasteiger partial charge >= 0.3 is 5.69 Å². The van der Waals surface area contributed by atoms with Crippen LogP contribution in [0.1, 0.15) is 25.3 Å². The molecule has 0 unspecified atom stereocenters. The van der Waals surface area contributed by atoms with Crippen molar-refractivity contribution in [2.24, 2.45) is 11.7 Å². The van der Waals surface area contributed by atoms with Gasteiger partial charge in [-0.3, -0.25) is 9.47 Å². The Bertz CT molecular complexity index is 740. The van der Waals surface area contributed by atoms with Crippen molar-refractivity contribution in [2.75, 3.05) is 18.8 Å². The third-order valence-electron chi connectivity index (χ3n) is 4.85. The number of hydrogen-bond donors (Lipinski definition) is 2. The first kappa shape index (κ1) is 16.7. The molecule has 1 aromatic carbocycles. The van der Waals surface area contributed by atoms with E-state index in [9.17, 15) is 4.79 Å². The maximum absolute atomic E-state index is 11.9. The second-order valence-corrected chi connectivity index (χ2v) is 6.53. The molecule has 0 saturated carbocycles. The van der Waals surface area contributed by atoms with Crippen LogP contribution in [0, 0.1) is 5.92 Å². The molecule has 6 heteroatoms. The van der Waals surface area contributed by atoms with Crippen molar-refractivity contribution in [3.8, 4) is 5.69 Å². The van der Waals surface area contributed by atoms with Crippen LogP contribution < -0.4 is 17.2 Å². The van der Waals surface area contributed by atoms with E-state index in [-0.39, 0.29) is 11.5 Å². The van der Waals surface area contributed by atoms with E-state index < -0.39 is 0 Å². The van der Waals surface area contributed by atoms with E-state index in [1.54, 1.807) is 12.3 Å². The lowest BCUT2D eigenvalue weighted by atomic mass is 9.90. The van der Waals surface area contributed by atoms with Crippen LogP contribution in [0.3, 0.4) is 0 Å². The Morgan fingerprint density at radius 2 is 2.00 bits per heavy atom. The number of anilines is 1. The quantitative estimate of drug-likeness (QED) is 0.885. The SMILES string of the molecule is CC[C@H]1CN(Cc2ccc(-n3ccc(N)nc3=O)cc2)CC[C@@H]1N. The molecular weight excluding hydrogens is 302 g/mol. The molecule has 0 bridgehead atoms.